The first-order chi connectivity index (χ1) is 8.15. The summed E-state index contributed by atoms with van der Waals surface area (Å²) in [6.07, 6.45) is -6.42. The molecule has 0 bridgehead atoms. The van der Waals surface area contributed by atoms with Crippen molar-refractivity contribution in [2.75, 3.05) is 13.2 Å². The van der Waals surface area contributed by atoms with Crippen molar-refractivity contribution >= 4 is 12.2 Å². The van der Waals surface area contributed by atoms with Gasteiger partial charge in [0.2, 0.25) is 12.5 Å². The van der Waals surface area contributed by atoms with Crippen molar-refractivity contribution < 1.29 is 32.4 Å². The molecule has 0 spiro atoms. The van der Waals surface area contributed by atoms with E-state index in [4.69, 9.17) is 0 Å². The summed E-state index contributed by atoms with van der Waals surface area (Å²) in [5, 5.41) is 12.3. The molecule has 0 aromatic rings. The summed E-state index contributed by atoms with van der Waals surface area (Å²) in [5.74, 6) is -0.718. The van der Waals surface area contributed by atoms with Crippen LogP contribution in [0.25, 0.3) is 0 Å². The van der Waals surface area contributed by atoms with E-state index >= 15 is 0 Å². The third-order valence-electron chi connectivity index (χ3n) is 1.70. The molecule has 0 aliphatic carbocycles. The van der Waals surface area contributed by atoms with Crippen molar-refractivity contribution in [1.29, 1.82) is 0 Å². The van der Waals surface area contributed by atoms with Gasteiger partial charge in [-0.1, -0.05) is 0 Å². The van der Waals surface area contributed by atoms with E-state index in [1.54, 1.807) is 0 Å². The molecular formula is C8H11F3N2O5. The topological polar surface area (TPSA) is 98.5 Å². The Morgan fingerprint density at radius 1 is 1.56 bits per heavy atom. The molecule has 0 fully saturated rings. The largest absolute Gasteiger partial charge is 0.411 e. The number of nitrogens with zero attached hydrogens (tertiary/aromatic N) is 1. The fourth-order valence-electron chi connectivity index (χ4n) is 1.09. The normalized spacial score (nSPS) is 14.7. The summed E-state index contributed by atoms with van der Waals surface area (Å²) in [6, 6.07) is -1.45. The van der Waals surface area contributed by atoms with E-state index in [0.29, 0.717) is 0 Å². The summed E-state index contributed by atoms with van der Waals surface area (Å²) in [4.78, 5) is 30.7. The van der Waals surface area contributed by atoms with Gasteiger partial charge in [0.15, 0.2) is 6.29 Å². The van der Waals surface area contributed by atoms with Gasteiger partial charge in [-0.2, -0.15) is 13.2 Å². The molecule has 0 aromatic carbocycles. The first-order valence-corrected chi connectivity index (χ1v) is 4.68. The Morgan fingerprint density at radius 2 is 2.11 bits per heavy atom. The lowest BCUT2D eigenvalue weighted by atomic mass is 10.1. The molecule has 0 saturated carbocycles. The number of amides is 1. The van der Waals surface area contributed by atoms with E-state index in [9.17, 15) is 32.9 Å². The molecule has 0 unspecified atom stereocenters. The predicted octanol–water partition coefficient (Wildman–Crippen LogP) is -0.0858. The number of halogens is 3. The molecule has 10 heteroatoms. The maximum atomic E-state index is 11.9. The maximum absolute atomic E-state index is 11.9. The Morgan fingerprint density at radius 3 is 2.44 bits per heavy atom. The van der Waals surface area contributed by atoms with Gasteiger partial charge in [0, 0.05) is 11.8 Å². The van der Waals surface area contributed by atoms with E-state index < -0.39 is 42.3 Å². The number of aldehydes is 1. The number of rotatable bonds is 7. The highest BCUT2D eigenvalue weighted by Crippen LogP contribution is 2.16. The van der Waals surface area contributed by atoms with Crippen molar-refractivity contribution in [3.63, 3.8) is 0 Å². The Labute approximate surface area is 99.4 Å². The van der Waals surface area contributed by atoms with Gasteiger partial charge in [0.25, 0.3) is 0 Å². The maximum Gasteiger partial charge on any atom is 0.411 e. The molecule has 0 radical (unpaired) electrons. The molecule has 18 heavy (non-hydrogen) atoms. The van der Waals surface area contributed by atoms with Crippen LogP contribution < -0.4 is 5.32 Å². The van der Waals surface area contributed by atoms with Crippen LogP contribution in [-0.2, 0) is 14.3 Å². The molecule has 104 valence electrons. The van der Waals surface area contributed by atoms with Crippen molar-refractivity contribution in [3.8, 4) is 0 Å². The molecule has 0 aromatic heterocycles. The van der Waals surface area contributed by atoms with Gasteiger partial charge < -0.3 is 14.8 Å². The van der Waals surface area contributed by atoms with Crippen LogP contribution in [-0.4, -0.2) is 48.6 Å². The standard InChI is InChI=1S/C8H11F3N2O5/c1-5(15)12-6(2-13(16)17)7(3-14)18-4-8(9,10)11/h3,6-7H,2,4H2,1H3,(H,12,15)/t6-,7-/m1/s1. The van der Waals surface area contributed by atoms with E-state index in [0.717, 1.165) is 6.92 Å². The van der Waals surface area contributed by atoms with Crippen LogP contribution in [0.5, 0.6) is 0 Å². The van der Waals surface area contributed by atoms with Crippen molar-refractivity contribution in [1.82, 2.24) is 5.32 Å². The Kier molecular flexibility index (Phi) is 6.23. The smallest absolute Gasteiger partial charge is 0.359 e. The summed E-state index contributed by atoms with van der Waals surface area (Å²) >= 11 is 0. The minimum absolute atomic E-state index is 0.0180. The van der Waals surface area contributed by atoms with E-state index in [1.165, 1.54) is 0 Å². The molecule has 7 nitrogen and oxygen atoms in total. The molecule has 0 aliphatic heterocycles. The van der Waals surface area contributed by atoms with Gasteiger partial charge in [-0.15, -0.1) is 0 Å². The number of nitro groups is 1. The number of carbonyl (C=O) groups is 2. The van der Waals surface area contributed by atoms with Crippen LogP contribution in [0.15, 0.2) is 0 Å². The van der Waals surface area contributed by atoms with Gasteiger partial charge in [-0.25, -0.2) is 0 Å². The minimum atomic E-state index is -4.67. The Hall–Kier alpha value is -1.71. The zero-order valence-corrected chi connectivity index (χ0v) is 9.27. The SMILES string of the molecule is CC(=O)N[C@H](C[N+](=O)[O-])[C@@H](C=O)OCC(F)(F)F. The summed E-state index contributed by atoms with van der Waals surface area (Å²) in [6.45, 7) is -1.64. The first kappa shape index (κ1) is 16.3. The highest BCUT2D eigenvalue weighted by Gasteiger charge is 2.33. The van der Waals surface area contributed by atoms with Gasteiger partial charge in [-0.05, 0) is 0 Å². The van der Waals surface area contributed by atoms with Gasteiger partial charge >= 0.3 is 6.18 Å². The molecule has 0 heterocycles. The monoisotopic (exact) mass is 272 g/mol. The van der Waals surface area contributed by atoms with E-state index in [-0.39, 0.29) is 6.29 Å². The summed E-state index contributed by atoms with van der Waals surface area (Å²) in [7, 11) is 0. The first-order valence-electron chi connectivity index (χ1n) is 4.68. The average Bonchev–Trinajstić information content (AvgIpc) is 2.14. The third-order valence-corrected chi connectivity index (χ3v) is 1.70. The number of ether oxygens (including phenoxy) is 1. The van der Waals surface area contributed by atoms with Crippen LogP contribution in [0.2, 0.25) is 0 Å². The number of nitrogens with one attached hydrogen (secondary N) is 1. The lowest BCUT2D eigenvalue weighted by Gasteiger charge is -2.21. The summed E-state index contributed by atoms with van der Waals surface area (Å²) < 4.78 is 39.8. The van der Waals surface area contributed by atoms with Crippen molar-refractivity contribution in [3.05, 3.63) is 10.1 Å². The average molecular weight is 272 g/mol. The van der Waals surface area contributed by atoms with Gasteiger partial charge in [0.05, 0.1) is 0 Å². The molecular weight excluding hydrogens is 261 g/mol. The molecule has 2 atom stereocenters. The molecule has 0 saturated heterocycles. The van der Waals surface area contributed by atoms with Crippen molar-refractivity contribution in [2.45, 2.75) is 25.2 Å². The number of hydrogen-bond donors (Lipinski definition) is 1. The fraction of sp³-hybridized carbons (Fsp3) is 0.750. The van der Waals surface area contributed by atoms with Crippen LogP contribution in [0.3, 0.4) is 0 Å². The fourth-order valence-corrected chi connectivity index (χ4v) is 1.09. The zero-order chi connectivity index (χ0) is 14.3. The number of hydrogen-bond acceptors (Lipinski definition) is 5. The molecule has 1 N–H and O–H groups in total. The Balaban J connectivity index is 4.64. The molecule has 1 amide bonds. The highest BCUT2D eigenvalue weighted by atomic mass is 19.4. The summed E-state index contributed by atoms with van der Waals surface area (Å²) in [5.41, 5.74) is 0. The second-order valence-corrected chi connectivity index (χ2v) is 3.35. The lowest BCUT2D eigenvalue weighted by Crippen LogP contribution is -2.49. The van der Waals surface area contributed by atoms with Crippen LogP contribution in [0.4, 0.5) is 13.2 Å². The van der Waals surface area contributed by atoms with Crippen molar-refractivity contribution in [2.24, 2.45) is 0 Å². The van der Waals surface area contributed by atoms with Gasteiger partial charge in [0.1, 0.15) is 18.8 Å². The second kappa shape index (κ2) is 6.89. The quantitative estimate of drug-likeness (QED) is 0.397. The molecule has 0 rings (SSSR count). The highest BCUT2D eigenvalue weighted by molar-refractivity contribution is 5.74. The number of alkyl halides is 3. The predicted molar refractivity (Wildman–Crippen MR) is 51.3 cm³/mol. The van der Waals surface area contributed by atoms with Crippen LogP contribution in [0, 0.1) is 10.1 Å². The van der Waals surface area contributed by atoms with Crippen LogP contribution >= 0.6 is 0 Å². The minimum Gasteiger partial charge on any atom is -0.359 e. The molecule has 0 aliphatic rings. The number of carbonyl (C=O) groups excluding carboxylic acids is 2. The van der Waals surface area contributed by atoms with Crippen LogP contribution in [0.1, 0.15) is 6.92 Å². The van der Waals surface area contributed by atoms with E-state index in [1.807, 2.05) is 5.32 Å². The van der Waals surface area contributed by atoms with Gasteiger partial charge in [-0.3, -0.25) is 14.9 Å². The third kappa shape index (κ3) is 7.54. The lowest BCUT2D eigenvalue weighted by molar-refractivity contribution is -0.485. The van der Waals surface area contributed by atoms with E-state index in [2.05, 4.69) is 4.74 Å². The second-order valence-electron chi connectivity index (χ2n) is 3.35. The zero-order valence-electron chi connectivity index (χ0n) is 9.27. The Bertz CT molecular complexity index is 304.